The molecule has 7 nitrogen and oxygen atoms in total. The van der Waals surface area contributed by atoms with Crippen LogP contribution < -0.4 is 4.74 Å². The standard InChI is InChI=1S/C26H27N3O4S/c1-16-21(27-25(34-16)18-8-6-5-7-9-18)23(30)20-22(17-10-12-19(33-4)13-11-17)29(15-14-28(2)3)26(32)24(20)31/h5-13,22,30H,14-15H2,1-4H3. The summed E-state index contributed by atoms with van der Waals surface area (Å²) in [6.45, 7) is 2.77. The highest BCUT2D eigenvalue weighted by atomic mass is 32.1. The van der Waals surface area contributed by atoms with E-state index in [2.05, 4.69) is 4.98 Å². The molecule has 0 aliphatic carbocycles. The Morgan fingerprint density at radius 1 is 1.12 bits per heavy atom. The number of hydrogen-bond donors (Lipinski definition) is 1. The van der Waals surface area contributed by atoms with Gasteiger partial charge in [0, 0.05) is 23.5 Å². The topological polar surface area (TPSA) is 83.0 Å². The lowest BCUT2D eigenvalue weighted by Crippen LogP contribution is -2.35. The summed E-state index contributed by atoms with van der Waals surface area (Å²) in [5.74, 6) is -0.912. The number of ketones is 1. The third kappa shape index (κ3) is 4.47. The first kappa shape index (κ1) is 23.7. The molecule has 34 heavy (non-hydrogen) atoms. The highest BCUT2D eigenvalue weighted by Crippen LogP contribution is 2.41. The van der Waals surface area contributed by atoms with Gasteiger partial charge in [-0.1, -0.05) is 42.5 Å². The molecule has 1 aromatic heterocycles. The second-order valence-electron chi connectivity index (χ2n) is 8.36. The van der Waals surface area contributed by atoms with Gasteiger partial charge in [0.1, 0.15) is 16.5 Å². The van der Waals surface area contributed by atoms with Gasteiger partial charge in [0.25, 0.3) is 11.7 Å². The van der Waals surface area contributed by atoms with Gasteiger partial charge in [-0.3, -0.25) is 9.59 Å². The van der Waals surface area contributed by atoms with Gasteiger partial charge < -0.3 is 19.6 Å². The van der Waals surface area contributed by atoms with Crippen molar-refractivity contribution in [3.63, 3.8) is 0 Å². The number of amides is 1. The van der Waals surface area contributed by atoms with E-state index in [9.17, 15) is 14.7 Å². The number of aryl methyl sites for hydroxylation is 1. The van der Waals surface area contributed by atoms with Crippen LogP contribution in [0.3, 0.4) is 0 Å². The summed E-state index contributed by atoms with van der Waals surface area (Å²) in [4.78, 5) is 35.1. The number of likely N-dealkylation sites (tertiary alicyclic amines) is 1. The van der Waals surface area contributed by atoms with Crippen LogP contribution in [0.5, 0.6) is 5.75 Å². The molecule has 1 unspecified atom stereocenters. The molecule has 1 saturated heterocycles. The molecule has 4 rings (SSSR count). The van der Waals surface area contributed by atoms with E-state index in [-0.39, 0.29) is 11.3 Å². The number of aliphatic hydroxyl groups is 1. The number of carbonyl (C=O) groups excluding carboxylic acids is 2. The van der Waals surface area contributed by atoms with Crippen molar-refractivity contribution in [2.45, 2.75) is 13.0 Å². The fourth-order valence-corrected chi connectivity index (χ4v) is 4.92. The molecule has 0 spiro atoms. The number of aliphatic hydroxyl groups excluding tert-OH is 1. The molecule has 1 N–H and O–H groups in total. The summed E-state index contributed by atoms with van der Waals surface area (Å²) in [6, 6.07) is 16.1. The number of rotatable bonds is 7. The number of carbonyl (C=O) groups is 2. The van der Waals surface area contributed by atoms with Crippen molar-refractivity contribution in [3.8, 4) is 16.3 Å². The highest BCUT2D eigenvalue weighted by molar-refractivity contribution is 7.15. The Hall–Kier alpha value is -3.49. The Balaban J connectivity index is 1.83. The summed E-state index contributed by atoms with van der Waals surface area (Å²) in [7, 11) is 5.39. The van der Waals surface area contributed by atoms with Gasteiger partial charge in [-0.15, -0.1) is 11.3 Å². The maximum atomic E-state index is 13.2. The first-order chi connectivity index (χ1) is 16.3. The van der Waals surface area contributed by atoms with Gasteiger partial charge in [-0.2, -0.15) is 0 Å². The third-order valence-electron chi connectivity index (χ3n) is 5.80. The van der Waals surface area contributed by atoms with Crippen LogP contribution in [0.4, 0.5) is 0 Å². The van der Waals surface area contributed by atoms with E-state index in [1.54, 1.807) is 19.2 Å². The molecule has 0 bridgehead atoms. The predicted molar refractivity (Wildman–Crippen MR) is 133 cm³/mol. The minimum atomic E-state index is -0.716. The van der Waals surface area contributed by atoms with Crippen molar-refractivity contribution in [2.24, 2.45) is 0 Å². The lowest BCUT2D eigenvalue weighted by molar-refractivity contribution is -0.140. The molecule has 1 atom stereocenters. The van der Waals surface area contributed by atoms with E-state index in [0.29, 0.717) is 24.5 Å². The van der Waals surface area contributed by atoms with Gasteiger partial charge in [0.15, 0.2) is 5.76 Å². The quantitative estimate of drug-likeness (QED) is 0.313. The number of hydrogen-bond acceptors (Lipinski definition) is 7. The van der Waals surface area contributed by atoms with Crippen LogP contribution in [0.15, 0.2) is 60.2 Å². The van der Waals surface area contributed by atoms with E-state index >= 15 is 0 Å². The SMILES string of the molecule is COc1ccc(C2C(=C(O)c3nc(-c4ccccc4)sc3C)C(=O)C(=O)N2CCN(C)C)cc1. The Bertz CT molecular complexity index is 1230. The summed E-state index contributed by atoms with van der Waals surface area (Å²) in [6.07, 6.45) is 0. The molecular formula is C26H27N3O4S. The number of likely N-dealkylation sites (N-methyl/N-ethyl adjacent to an activating group) is 1. The fourth-order valence-electron chi connectivity index (χ4n) is 4.00. The number of ether oxygens (including phenoxy) is 1. The molecule has 0 saturated carbocycles. The smallest absolute Gasteiger partial charge is 0.295 e. The van der Waals surface area contributed by atoms with Crippen LogP contribution in [0, 0.1) is 6.92 Å². The van der Waals surface area contributed by atoms with Crippen molar-refractivity contribution in [3.05, 3.63) is 76.3 Å². The Kier molecular flexibility index (Phi) is 6.81. The van der Waals surface area contributed by atoms with Crippen molar-refractivity contribution in [1.29, 1.82) is 0 Å². The van der Waals surface area contributed by atoms with Gasteiger partial charge in [-0.25, -0.2) is 4.98 Å². The summed E-state index contributed by atoms with van der Waals surface area (Å²) in [5.41, 5.74) is 2.03. The first-order valence-electron chi connectivity index (χ1n) is 10.9. The second kappa shape index (κ2) is 9.79. The zero-order valence-corrected chi connectivity index (χ0v) is 20.4. The van der Waals surface area contributed by atoms with Crippen LogP contribution >= 0.6 is 11.3 Å². The minimum Gasteiger partial charge on any atom is -0.505 e. The summed E-state index contributed by atoms with van der Waals surface area (Å²) in [5, 5.41) is 12.1. The van der Waals surface area contributed by atoms with Crippen LogP contribution in [0.25, 0.3) is 16.3 Å². The van der Waals surface area contributed by atoms with Gasteiger partial charge in [-0.05, 0) is 38.7 Å². The van der Waals surface area contributed by atoms with Crippen LogP contribution in [-0.2, 0) is 9.59 Å². The molecule has 1 fully saturated rings. The molecule has 2 heterocycles. The summed E-state index contributed by atoms with van der Waals surface area (Å²) >= 11 is 1.44. The zero-order valence-electron chi connectivity index (χ0n) is 19.6. The van der Waals surface area contributed by atoms with Gasteiger partial charge in [0.05, 0.1) is 18.7 Å². The molecule has 1 amide bonds. The van der Waals surface area contributed by atoms with E-state index in [4.69, 9.17) is 4.74 Å². The maximum absolute atomic E-state index is 13.2. The van der Waals surface area contributed by atoms with Crippen LogP contribution in [0.2, 0.25) is 0 Å². The minimum absolute atomic E-state index is 0.0573. The van der Waals surface area contributed by atoms with Crippen molar-refractivity contribution in [1.82, 2.24) is 14.8 Å². The predicted octanol–water partition coefficient (Wildman–Crippen LogP) is 4.11. The first-order valence-corrected chi connectivity index (χ1v) is 11.7. The lowest BCUT2D eigenvalue weighted by Gasteiger charge is -2.26. The molecule has 1 aliphatic heterocycles. The van der Waals surface area contributed by atoms with E-state index in [1.807, 2.05) is 68.4 Å². The normalized spacial score (nSPS) is 17.6. The van der Waals surface area contributed by atoms with Crippen molar-refractivity contribution in [2.75, 3.05) is 34.3 Å². The van der Waals surface area contributed by atoms with E-state index in [1.165, 1.54) is 16.2 Å². The number of aromatic nitrogens is 1. The average Bonchev–Trinajstić information content (AvgIpc) is 3.35. The Morgan fingerprint density at radius 2 is 1.79 bits per heavy atom. The second-order valence-corrected chi connectivity index (χ2v) is 9.56. The molecule has 0 radical (unpaired) electrons. The zero-order chi connectivity index (χ0) is 24.4. The summed E-state index contributed by atoms with van der Waals surface area (Å²) < 4.78 is 5.26. The Morgan fingerprint density at radius 3 is 2.41 bits per heavy atom. The molecule has 2 aromatic carbocycles. The van der Waals surface area contributed by atoms with Gasteiger partial charge in [0.2, 0.25) is 0 Å². The van der Waals surface area contributed by atoms with Crippen LogP contribution in [-0.4, -0.2) is 65.9 Å². The number of nitrogens with zero attached hydrogens (tertiary/aromatic N) is 3. The monoisotopic (exact) mass is 477 g/mol. The number of Topliss-reactive ketones (excluding diaryl/α,β-unsaturated/α-hetero) is 1. The average molecular weight is 478 g/mol. The molecule has 1 aliphatic rings. The fraction of sp³-hybridized carbons (Fsp3) is 0.269. The lowest BCUT2D eigenvalue weighted by atomic mass is 9.96. The van der Waals surface area contributed by atoms with Crippen LogP contribution in [0.1, 0.15) is 22.2 Å². The number of thiazole rings is 1. The van der Waals surface area contributed by atoms with E-state index < -0.39 is 17.7 Å². The van der Waals surface area contributed by atoms with Crippen molar-refractivity contribution >= 4 is 28.8 Å². The van der Waals surface area contributed by atoms with Crippen molar-refractivity contribution < 1.29 is 19.4 Å². The molecule has 176 valence electrons. The number of methoxy groups -OCH3 is 1. The Labute approximate surface area is 202 Å². The number of benzene rings is 2. The molecular weight excluding hydrogens is 450 g/mol. The van der Waals surface area contributed by atoms with E-state index in [0.717, 1.165) is 21.0 Å². The highest BCUT2D eigenvalue weighted by Gasteiger charge is 2.46. The largest absolute Gasteiger partial charge is 0.505 e. The van der Waals surface area contributed by atoms with Gasteiger partial charge >= 0.3 is 0 Å². The maximum Gasteiger partial charge on any atom is 0.295 e. The third-order valence-corrected chi connectivity index (χ3v) is 6.82. The molecule has 3 aromatic rings. The molecule has 8 heteroatoms.